The summed E-state index contributed by atoms with van der Waals surface area (Å²) in [5.74, 6) is 0. The monoisotopic (exact) mass is 250 g/mol. The molecule has 0 aromatic carbocycles. The van der Waals surface area contributed by atoms with Crippen LogP contribution in [0.2, 0.25) is 0 Å². The Balaban J connectivity index is 1.86. The molecule has 0 radical (unpaired) electrons. The Morgan fingerprint density at radius 1 is 1.23 bits per heavy atom. The van der Waals surface area contributed by atoms with E-state index in [-0.39, 0.29) is 0 Å². The summed E-state index contributed by atoms with van der Waals surface area (Å²) in [5.41, 5.74) is 0. The molecule has 1 aliphatic rings. The van der Waals surface area contributed by atoms with Gasteiger partial charge in [-0.05, 0) is 13.0 Å². The minimum Gasteiger partial charge on any atom is -0.379 e. The lowest BCUT2D eigenvalue weighted by atomic mass is 10.4. The van der Waals surface area contributed by atoms with E-state index in [0.717, 1.165) is 51.3 Å². The van der Waals surface area contributed by atoms with Crippen molar-refractivity contribution < 1.29 is 4.74 Å². The number of ether oxygens (including phenoxy) is 1. The Morgan fingerprint density at radius 3 is 2.69 bits per heavy atom. The van der Waals surface area contributed by atoms with Crippen LogP contribution in [-0.4, -0.2) is 56.2 Å². The summed E-state index contributed by atoms with van der Waals surface area (Å²) in [6.07, 6.45) is 1.21. The molecule has 0 atom stereocenters. The number of halogens is 1. The summed E-state index contributed by atoms with van der Waals surface area (Å²) in [6, 6.07) is 0. The van der Waals surface area contributed by atoms with Gasteiger partial charge in [-0.15, -0.1) is 0 Å². The number of hydrogen-bond acceptors (Lipinski definition) is 3. The fourth-order valence-corrected chi connectivity index (χ4v) is 1.66. The molecular formula is C9H19BrN2O. The SMILES string of the molecule is BrCCCNCCN1CCOCC1. The van der Waals surface area contributed by atoms with Crippen LogP contribution in [0.25, 0.3) is 0 Å². The molecule has 4 heteroatoms. The standard InChI is InChI=1S/C9H19BrN2O/c10-2-1-3-11-4-5-12-6-8-13-9-7-12/h11H,1-9H2. The molecule has 0 aliphatic carbocycles. The predicted molar refractivity (Wildman–Crippen MR) is 58.5 cm³/mol. The van der Waals surface area contributed by atoms with Gasteiger partial charge in [0.05, 0.1) is 13.2 Å². The third-order valence-electron chi connectivity index (χ3n) is 2.20. The zero-order valence-electron chi connectivity index (χ0n) is 8.10. The van der Waals surface area contributed by atoms with Gasteiger partial charge in [-0.3, -0.25) is 4.90 Å². The van der Waals surface area contributed by atoms with Crippen molar-refractivity contribution in [3.63, 3.8) is 0 Å². The molecule has 78 valence electrons. The molecule has 0 aromatic heterocycles. The highest BCUT2D eigenvalue weighted by Crippen LogP contribution is 1.94. The Hall–Kier alpha value is 0.360. The molecule has 0 amide bonds. The van der Waals surface area contributed by atoms with Crippen molar-refractivity contribution in [3.05, 3.63) is 0 Å². The van der Waals surface area contributed by atoms with Gasteiger partial charge in [0.2, 0.25) is 0 Å². The normalized spacial score (nSPS) is 19.2. The minimum absolute atomic E-state index is 0.904. The van der Waals surface area contributed by atoms with Crippen LogP contribution in [0.15, 0.2) is 0 Å². The second kappa shape index (κ2) is 7.74. The van der Waals surface area contributed by atoms with Crippen molar-refractivity contribution in [2.45, 2.75) is 6.42 Å². The first kappa shape index (κ1) is 11.4. The average molecular weight is 251 g/mol. The van der Waals surface area contributed by atoms with Gasteiger partial charge >= 0.3 is 0 Å². The van der Waals surface area contributed by atoms with E-state index in [1.165, 1.54) is 6.42 Å². The minimum atomic E-state index is 0.904. The summed E-state index contributed by atoms with van der Waals surface area (Å²) in [6.45, 7) is 7.39. The van der Waals surface area contributed by atoms with E-state index in [0.29, 0.717) is 0 Å². The molecule has 0 saturated carbocycles. The van der Waals surface area contributed by atoms with Gasteiger partial charge in [0.25, 0.3) is 0 Å². The van der Waals surface area contributed by atoms with E-state index in [2.05, 4.69) is 26.1 Å². The van der Waals surface area contributed by atoms with E-state index in [1.807, 2.05) is 0 Å². The molecule has 1 aliphatic heterocycles. The number of nitrogens with zero attached hydrogens (tertiary/aromatic N) is 1. The van der Waals surface area contributed by atoms with Gasteiger partial charge < -0.3 is 10.1 Å². The van der Waals surface area contributed by atoms with E-state index in [9.17, 15) is 0 Å². The predicted octanol–water partition coefficient (Wildman–Crippen LogP) is 0.693. The van der Waals surface area contributed by atoms with E-state index in [1.54, 1.807) is 0 Å². The van der Waals surface area contributed by atoms with Crippen molar-refractivity contribution in [2.75, 3.05) is 51.3 Å². The Kier molecular flexibility index (Phi) is 6.80. The highest BCUT2D eigenvalue weighted by molar-refractivity contribution is 9.09. The van der Waals surface area contributed by atoms with Gasteiger partial charge in [-0.2, -0.15) is 0 Å². The molecule has 1 heterocycles. The van der Waals surface area contributed by atoms with Crippen molar-refractivity contribution >= 4 is 15.9 Å². The van der Waals surface area contributed by atoms with Crippen LogP contribution < -0.4 is 5.32 Å². The molecular weight excluding hydrogens is 232 g/mol. The van der Waals surface area contributed by atoms with Gasteiger partial charge in [0.15, 0.2) is 0 Å². The highest BCUT2D eigenvalue weighted by Gasteiger charge is 2.08. The fourth-order valence-electron chi connectivity index (χ4n) is 1.38. The molecule has 1 fully saturated rings. The topological polar surface area (TPSA) is 24.5 Å². The molecule has 0 bridgehead atoms. The quantitative estimate of drug-likeness (QED) is 0.555. The smallest absolute Gasteiger partial charge is 0.0594 e. The maximum Gasteiger partial charge on any atom is 0.0594 e. The van der Waals surface area contributed by atoms with Crippen LogP contribution in [0.3, 0.4) is 0 Å². The number of alkyl halides is 1. The van der Waals surface area contributed by atoms with Crippen molar-refractivity contribution in [1.29, 1.82) is 0 Å². The van der Waals surface area contributed by atoms with Crippen LogP contribution in [-0.2, 0) is 4.74 Å². The number of hydrogen-bond donors (Lipinski definition) is 1. The van der Waals surface area contributed by atoms with Gasteiger partial charge in [0, 0.05) is 31.5 Å². The molecule has 1 saturated heterocycles. The van der Waals surface area contributed by atoms with Crippen LogP contribution in [0.5, 0.6) is 0 Å². The third-order valence-corrected chi connectivity index (χ3v) is 2.76. The number of rotatable bonds is 6. The molecule has 3 nitrogen and oxygen atoms in total. The highest BCUT2D eigenvalue weighted by atomic mass is 79.9. The van der Waals surface area contributed by atoms with Gasteiger partial charge in [0.1, 0.15) is 0 Å². The number of morpholine rings is 1. The molecule has 1 rings (SSSR count). The average Bonchev–Trinajstić information content (AvgIpc) is 2.19. The molecule has 0 unspecified atom stereocenters. The molecule has 1 N–H and O–H groups in total. The Morgan fingerprint density at radius 2 is 2.00 bits per heavy atom. The first-order chi connectivity index (χ1) is 6.43. The van der Waals surface area contributed by atoms with Crippen LogP contribution in [0, 0.1) is 0 Å². The molecule has 0 spiro atoms. The molecule has 0 aromatic rings. The van der Waals surface area contributed by atoms with Crippen molar-refractivity contribution in [3.8, 4) is 0 Å². The van der Waals surface area contributed by atoms with Gasteiger partial charge in [-0.1, -0.05) is 15.9 Å². The maximum atomic E-state index is 5.28. The second-order valence-electron chi connectivity index (χ2n) is 3.25. The lowest BCUT2D eigenvalue weighted by Crippen LogP contribution is -2.40. The summed E-state index contributed by atoms with van der Waals surface area (Å²) in [5, 5.41) is 4.52. The summed E-state index contributed by atoms with van der Waals surface area (Å²) >= 11 is 3.41. The lowest BCUT2D eigenvalue weighted by Gasteiger charge is -2.26. The van der Waals surface area contributed by atoms with Crippen LogP contribution in [0.4, 0.5) is 0 Å². The molecule has 13 heavy (non-hydrogen) atoms. The second-order valence-corrected chi connectivity index (χ2v) is 4.04. The zero-order chi connectivity index (χ0) is 9.36. The first-order valence-corrected chi connectivity index (χ1v) is 6.12. The first-order valence-electron chi connectivity index (χ1n) is 5.00. The Labute approximate surface area is 88.9 Å². The summed E-state index contributed by atoms with van der Waals surface area (Å²) < 4.78 is 5.28. The van der Waals surface area contributed by atoms with Crippen LogP contribution in [0.1, 0.15) is 6.42 Å². The number of nitrogens with one attached hydrogen (secondary N) is 1. The van der Waals surface area contributed by atoms with E-state index < -0.39 is 0 Å². The summed E-state index contributed by atoms with van der Waals surface area (Å²) in [4.78, 5) is 2.45. The summed E-state index contributed by atoms with van der Waals surface area (Å²) in [7, 11) is 0. The fraction of sp³-hybridized carbons (Fsp3) is 1.00. The van der Waals surface area contributed by atoms with E-state index >= 15 is 0 Å². The van der Waals surface area contributed by atoms with Crippen molar-refractivity contribution in [2.24, 2.45) is 0 Å². The van der Waals surface area contributed by atoms with Crippen LogP contribution >= 0.6 is 15.9 Å². The van der Waals surface area contributed by atoms with Crippen molar-refractivity contribution in [1.82, 2.24) is 10.2 Å². The third kappa shape index (κ3) is 5.62. The van der Waals surface area contributed by atoms with Gasteiger partial charge in [-0.25, -0.2) is 0 Å². The van der Waals surface area contributed by atoms with E-state index in [4.69, 9.17) is 4.74 Å². The maximum absolute atomic E-state index is 5.28. The Bertz CT molecular complexity index is 118. The lowest BCUT2D eigenvalue weighted by molar-refractivity contribution is 0.0384. The zero-order valence-corrected chi connectivity index (χ0v) is 9.68. The largest absolute Gasteiger partial charge is 0.379 e.